The summed E-state index contributed by atoms with van der Waals surface area (Å²) in [4.78, 5) is 50.0. The zero-order valence-electron chi connectivity index (χ0n) is 16.6. The number of amides is 3. The summed E-state index contributed by atoms with van der Waals surface area (Å²) >= 11 is 1.56. The Labute approximate surface area is 174 Å². The van der Waals surface area contributed by atoms with Crippen LogP contribution in [0.3, 0.4) is 0 Å². The van der Waals surface area contributed by atoms with Gasteiger partial charge in [0.2, 0.25) is 18.2 Å². The molecule has 1 heterocycles. The van der Waals surface area contributed by atoms with Crippen LogP contribution in [0, 0.1) is 0 Å². The monoisotopic (exact) mass is 421 g/mol. The quantitative estimate of drug-likeness (QED) is 0.395. The van der Waals surface area contributed by atoms with E-state index in [0.717, 1.165) is 5.56 Å². The van der Waals surface area contributed by atoms with Gasteiger partial charge in [-0.2, -0.15) is 11.8 Å². The molecule has 0 bridgehead atoms. The molecule has 158 valence electrons. The van der Waals surface area contributed by atoms with E-state index < -0.39 is 30.0 Å². The molecule has 0 aromatic heterocycles. The fourth-order valence-corrected chi connectivity index (χ4v) is 3.79. The predicted molar refractivity (Wildman–Crippen MR) is 110 cm³/mol. The maximum atomic E-state index is 12.9. The first-order valence-electron chi connectivity index (χ1n) is 9.43. The minimum absolute atomic E-state index is 0.320. The fraction of sp³-hybridized carbons (Fsp3) is 0.500. The molecule has 9 heteroatoms. The molecular weight excluding hydrogens is 394 g/mol. The van der Waals surface area contributed by atoms with E-state index in [0.29, 0.717) is 38.0 Å². The van der Waals surface area contributed by atoms with Crippen LogP contribution in [-0.2, 0) is 30.3 Å². The Balaban J connectivity index is 2.06. The lowest BCUT2D eigenvalue weighted by atomic mass is 10.0. The van der Waals surface area contributed by atoms with Gasteiger partial charge in [0.1, 0.15) is 18.1 Å². The Morgan fingerprint density at radius 3 is 2.69 bits per heavy atom. The summed E-state index contributed by atoms with van der Waals surface area (Å²) in [5.41, 5.74) is 0.912. The van der Waals surface area contributed by atoms with E-state index in [4.69, 9.17) is 4.74 Å². The number of nitrogens with one attached hydrogen (secondary N) is 2. The number of rotatable bonds is 11. The lowest BCUT2D eigenvalue weighted by molar-refractivity contribution is -0.151. The van der Waals surface area contributed by atoms with Crippen LogP contribution in [0.5, 0.6) is 0 Å². The first-order chi connectivity index (χ1) is 14.0. The molecule has 1 aliphatic rings. The summed E-state index contributed by atoms with van der Waals surface area (Å²) in [5, 5.41) is 5.21. The summed E-state index contributed by atoms with van der Waals surface area (Å²) in [6.07, 6.45) is 3.59. The molecule has 3 atom stereocenters. The largest absolute Gasteiger partial charge is 0.467 e. The smallest absolute Gasteiger partial charge is 0.328 e. The van der Waals surface area contributed by atoms with Crippen molar-refractivity contribution in [3.8, 4) is 0 Å². The van der Waals surface area contributed by atoms with Gasteiger partial charge in [-0.25, -0.2) is 4.79 Å². The van der Waals surface area contributed by atoms with Gasteiger partial charge >= 0.3 is 5.97 Å². The molecule has 1 fully saturated rings. The van der Waals surface area contributed by atoms with Crippen LogP contribution in [0.15, 0.2) is 30.3 Å². The first-order valence-corrected chi connectivity index (χ1v) is 10.8. The van der Waals surface area contributed by atoms with Crippen molar-refractivity contribution >= 4 is 36.0 Å². The van der Waals surface area contributed by atoms with Gasteiger partial charge in [-0.05, 0) is 30.4 Å². The fourth-order valence-electron chi connectivity index (χ4n) is 3.32. The number of hydrogen-bond acceptors (Lipinski definition) is 6. The summed E-state index contributed by atoms with van der Waals surface area (Å²) < 4.78 is 4.90. The van der Waals surface area contributed by atoms with E-state index in [1.54, 1.807) is 11.8 Å². The molecule has 2 rings (SSSR count). The van der Waals surface area contributed by atoms with E-state index >= 15 is 0 Å². The molecule has 1 saturated heterocycles. The highest BCUT2D eigenvalue weighted by molar-refractivity contribution is 7.98. The van der Waals surface area contributed by atoms with Gasteiger partial charge in [0.05, 0.1) is 7.11 Å². The zero-order chi connectivity index (χ0) is 21.2. The summed E-state index contributed by atoms with van der Waals surface area (Å²) in [7, 11) is 1.29. The van der Waals surface area contributed by atoms with E-state index in [-0.39, 0.29) is 5.91 Å². The van der Waals surface area contributed by atoms with Gasteiger partial charge in [0, 0.05) is 13.0 Å². The van der Waals surface area contributed by atoms with Crippen molar-refractivity contribution < 1.29 is 23.9 Å². The highest BCUT2D eigenvalue weighted by atomic mass is 32.2. The van der Waals surface area contributed by atoms with Gasteiger partial charge in [0.15, 0.2) is 0 Å². The van der Waals surface area contributed by atoms with Gasteiger partial charge < -0.3 is 20.3 Å². The van der Waals surface area contributed by atoms with Crippen molar-refractivity contribution in [2.45, 2.75) is 37.4 Å². The second-order valence-corrected chi connectivity index (χ2v) is 7.71. The molecule has 2 N–H and O–H groups in total. The third kappa shape index (κ3) is 6.22. The zero-order valence-corrected chi connectivity index (χ0v) is 17.4. The number of carbonyl (C=O) groups is 4. The average molecular weight is 422 g/mol. The third-order valence-electron chi connectivity index (χ3n) is 4.87. The Morgan fingerprint density at radius 1 is 1.34 bits per heavy atom. The Kier molecular flexibility index (Phi) is 8.98. The van der Waals surface area contributed by atoms with Crippen LogP contribution in [0.2, 0.25) is 0 Å². The lowest BCUT2D eigenvalue weighted by Crippen LogP contribution is -2.52. The molecule has 3 amide bonds. The number of thioether (sulfide) groups is 1. The molecular formula is C20H27N3O5S. The molecule has 0 spiro atoms. The van der Waals surface area contributed by atoms with Gasteiger partial charge in [0.25, 0.3) is 0 Å². The molecule has 1 aliphatic heterocycles. The van der Waals surface area contributed by atoms with Crippen molar-refractivity contribution in [3.05, 3.63) is 35.9 Å². The number of likely N-dealkylation sites (tertiary alicyclic amines) is 1. The normalized spacial score (nSPS) is 18.1. The van der Waals surface area contributed by atoms with Crippen LogP contribution in [0.4, 0.5) is 0 Å². The highest BCUT2D eigenvalue weighted by Crippen LogP contribution is 2.19. The van der Waals surface area contributed by atoms with Crippen molar-refractivity contribution in [2.75, 3.05) is 25.7 Å². The Hall–Kier alpha value is -2.55. The molecule has 0 radical (unpaired) electrons. The molecule has 1 aromatic carbocycles. The van der Waals surface area contributed by atoms with E-state index in [9.17, 15) is 19.2 Å². The summed E-state index contributed by atoms with van der Waals surface area (Å²) in [5.74, 6) is -0.511. The number of carbonyl (C=O) groups excluding carboxylic acids is 4. The molecule has 8 nitrogen and oxygen atoms in total. The first kappa shape index (κ1) is 22.7. The standard InChI is InChI=1S/C20H27N3O5S/c1-28-20(27)17(12-14-6-4-3-5-7-14)23-10-8-16(19(23)26)22-18(25)15(21-13-24)9-11-29-2/h3-7,13,15-17H,8-12H2,1-2H3,(H,21,24)(H,22,25)/t15-,16-,17+/m0/s1. The summed E-state index contributed by atoms with van der Waals surface area (Å²) in [6.45, 7) is 0.340. The number of methoxy groups -OCH3 is 1. The van der Waals surface area contributed by atoms with Crippen LogP contribution >= 0.6 is 11.8 Å². The molecule has 0 saturated carbocycles. The van der Waals surface area contributed by atoms with Crippen LogP contribution in [-0.4, -0.2) is 72.9 Å². The van der Waals surface area contributed by atoms with Crippen molar-refractivity contribution in [2.24, 2.45) is 0 Å². The van der Waals surface area contributed by atoms with E-state index in [1.165, 1.54) is 12.0 Å². The number of ether oxygens (including phenoxy) is 1. The van der Waals surface area contributed by atoms with Crippen molar-refractivity contribution in [1.82, 2.24) is 15.5 Å². The van der Waals surface area contributed by atoms with Gasteiger partial charge in [-0.1, -0.05) is 30.3 Å². The van der Waals surface area contributed by atoms with E-state index in [2.05, 4.69) is 10.6 Å². The van der Waals surface area contributed by atoms with Crippen LogP contribution in [0.25, 0.3) is 0 Å². The highest BCUT2D eigenvalue weighted by Gasteiger charge is 2.40. The third-order valence-corrected chi connectivity index (χ3v) is 5.52. The van der Waals surface area contributed by atoms with Crippen molar-refractivity contribution in [3.63, 3.8) is 0 Å². The number of nitrogens with zero attached hydrogens (tertiary/aromatic N) is 1. The van der Waals surface area contributed by atoms with Gasteiger partial charge in [-0.15, -0.1) is 0 Å². The van der Waals surface area contributed by atoms with Gasteiger partial charge in [-0.3, -0.25) is 14.4 Å². The lowest BCUT2D eigenvalue weighted by Gasteiger charge is -2.26. The summed E-state index contributed by atoms with van der Waals surface area (Å²) in [6, 6.07) is 7.22. The maximum Gasteiger partial charge on any atom is 0.328 e. The number of benzene rings is 1. The molecule has 0 unspecified atom stereocenters. The minimum Gasteiger partial charge on any atom is -0.467 e. The Morgan fingerprint density at radius 2 is 2.07 bits per heavy atom. The maximum absolute atomic E-state index is 12.9. The second-order valence-electron chi connectivity index (χ2n) is 6.73. The topological polar surface area (TPSA) is 105 Å². The number of hydrogen-bond donors (Lipinski definition) is 2. The predicted octanol–water partition coefficient (Wildman–Crippen LogP) is 0.356. The van der Waals surface area contributed by atoms with Crippen molar-refractivity contribution in [1.29, 1.82) is 0 Å². The SMILES string of the molecule is COC(=O)[C@@H](Cc1ccccc1)N1CC[C@H](NC(=O)[C@H](CCSC)NC=O)C1=O. The molecule has 1 aromatic rings. The average Bonchev–Trinajstić information content (AvgIpc) is 3.09. The Bertz CT molecular complexity index is 715. The minimum atomic E-state index is -0.753. The molecule has 0 aliphatic carbocycles. The second kappa shape index (κ2) is 11.5. The van der Waals surface area contributed by atoms with Crippen LogP contribution < -0.4 is 10.6 Å². The van der Waals surface area contributed by atoms with E-state index in [1.807, 2.05) is 36.6 Å². The number of esters is 1. The van der Waals surface area contributed by atoms with Crippen LogP contribution in [0.1, 0.15) is 18.4 Å². The molecule has 29 heavy (non-hydrogen) atoms.